The first-order valence-corrected chi connectivity index (χ1v) is 12.1. The Morgan fingerprint density at radius 3 is 1.53 bits per heavy atom. The summed E-state index contributed by atoms with van der Waals surface area (Å²) < 4.78 is 0. The number of nitrogens with zero attached hydrogens (tertiary/aromatic N) is 1. The van der Waals surface area contributed by atoms with Gasteiger partial charge in [-0.3, -0.25) is 10.2 Å². The standard InChI is InChI=1S/C32H34N2/c1-2-3-25-34(27-28-16-8-4-9-17-28)26-24-33-32(29-18-10-5-11-19-29,30-20-12-6-13-21-30)31-22-14-7-15-23-31/h2-23,33H,24-27H2,1H3/b3-2+. The maximum Gasteiger partial charge on any atom is 0.0948 e. The van der Waals surface area contributed by atoms with Crippen LogP contribution < -0.4 is 5.32 Å². The van der Waals surface area contributed by atoms with Crippen molar-refractivity contribution in [3.05, 3.63) is 156 Å². The Morgan fingerprint density at radius 2 is 1.09 bits per heavy atom. The second kappa shape index (κ2) is 12.1. The fourth-order valence-electron chi connectivity index (χ4n) is 4.60. The van der Waals surface area contributed by atoms with Crippen LogP contribution in [0.2, 0.25) is 0 Å². The molecule has 0 saturated carbocycles. The highest BCUT2D eigenvalue weighted by atomic mass is 15.1. The van der Waals surface area contributed by atoms with E-state index in [9.17, 15) is 0 Å². The van der Waals surface area contributed by atoms with E-state index in [1.807, 2.05) is 0 Å². The summed E-state index contributed by atoms with van der Waals surface area (Å²) in [6.07, 6.45) is 4.37. The van der Waals surface area contributed by atoms with Crippen molar-refractivity contribution in [1.82, 2.24) is 10.2 Å². The largest absolute Gasteiger partial charge is 0.299 e. The molecule has 172 valence electrons. The van der Waals surface area contributed by atoms with Crippen LogP contribution in [0.3, 0.4) is 0 Å². The highest BCUT2D eigenvalue weighted by Gasteiger charge is 2.35. The van der Waals surface area contributed by atoms with E-state index in [2.05, 4.69) is 151 Å². The summed E-state index contributed by atoms with van der Waals surface area (Å²) in [5.41, 5.74) is 4.65. The Labute approximate surface area is 204 Å². The maximum absolute atomic E-state index is 4.01. The third-order valence-corrected chi connectivity index (χ3v) is 6.29. The van der Waals surface area contributed by atoms with Gasteiger partial charge in [0, 0.05) is 26.2 Å². The minimum atomic E-state index is -0.428. The van der Waals surface area contributed by atoms with Crippen molar-refractivity contribution in [3.8, 4) is 0 Å². The number of nitrogens with one attached hydrogen (secondary N) is 1. The maximum atomic E-state index is 4.01. The molecule has 4 rings (SSSR count). The monoisotopic (exact) mass is 446 g/mol. The topological polar surface area (TPSA) is 15.3 Å². The Balaban J connectivity index is 1.65. The van der Waals surface area contributed by atoms with Crippen molar-refractivity contribution >= 4 is 0 Å². The molecule has 0 spiro atoms. The van der Waals surface area contributed by atoms with Gasteiger partial charge < -0.3 is 0 Å². The summed E-state index contributed by atoms with van der Waals surface area (Å²) in [4.78, 5) is 2.49. The SMILES string of the molecule is C/C=C/CN(CCNC(c1ccccc1)(c1ccccc1)c1ccccc1)Cc1ccccc1. The molecular weight excluding hydrogens is 412 g/mol. The van der Waals surface area contributed by atoms with Gasteiger partial charge in [0.05, 0.1) is 5.54 Å². The van der Waals surface area contributed by atoms with Crippen molar-refractivity contribution < 1.29 is 0 Å². The third-order valence-electron chi connectivity index (χ3n) is 6.29. The number of benzene rings is 4. The van der Waals surface area contributed by atoms with Crippen molar-refractivity contribution in [2.24, 2.45) is 0 Å². The van der Waals surface area contributed by atoms with Gasteiger partial charge in [-0.1, -0.05) is 133 Å². The van der Waals surface area contributed by atoms with Gasteiger partial charge in [0.25, 0.3) is 0 Å². The van der Waals surface area contributed by atoms with E-state index in [0.717, 1.165) is 26.2 Å². The quantitative estimate of drug-likeness (QED) is 0.205. The van der Waals surface area contributed by atoms with Crippen LogP contribution in [0, 0.1) is 0 Å². The molecule has 0 atom stereocenters. The van der Waals surface area contributed by atoms with Crippen LogP contribution in [0.5, 0.6) is 0 Å². The first-order valence-electron chi connectivity index (χ1n) is 12.1. The number of rotatable bonds is 11. The Morgan fingerprint density at radius 1 is 0.647 bits per heavy atom. The van der Waals surface area contributed by atoms with Crippen molar-refractivity contribution in [1.29, 1.82) is 0 Å². The molecule has 34 heavy (non-hydrogen) atoms. The molecule has 0 radical (unpaired) electrons. The van der Waals surface area contributed by atoms with Crippen LogP contribution in [0.4, 0.5) is 0 Å². The van der Waals surface area contributed by atoms with Gasteiger partial charge in [-0.05, 0) is 29.2 Å². The van der Waals surface area contributed by atoms with Crippen LogP contribution in [0.25, 0.3) is 0 Å². The van der Waals surface area contributed by atoms with Crippen molar-refractivity contribution in [3.63, 3.8) is 0 Å². The summed E-state index contributed by atoms with van der Waals surface area (Å²) in [5.74, 6) is 0. The zero-order valence-corrected chi connectivity index (χ0v) is 20.0. The zero-order chi connectivity index (χ0) is 23.5. The van der Waals surface area contributed by atoms with Gasteiger partial charge in [0.1, 0.15) is 0 Å². The highest BCUT2D eigenvalue weighted by Crippen LogP contribution is 2.36. The van der Waals surface area contributed by atoms with Crippen LogP contribution >= 0.6 is 0 Å². The molecule has 2 heteroatoms. The normalized spacial score (nSPS) is 11.8. The number of hydrogen-bond donors (Lipinski definition) is 1. The molecule has 1 N–H and O–H groups in total. The van der Waals surface area contributed by atoms with E-state index >= 15 is 0 Å². The molecule has 0 aliphatic rings. The zero-order valence-electron chi connectivity index (χ0n) is 20.0. The molecule has 4 aromatic rings. The minimum absolute atomic E-state index is 0.428. The van der Waals surface area contributed by atoms with E-state index in [4.69, 9.17) is 0 Å². The molecule has 2 nitrogen and oxygen atoms in total. The summed E-state index contributed by atoms with van der Waals surface area (Å²) >= 11 is 0. The fraction of sp³-hybridized carbons (Fsp3) is 0.188. The van der Waals surface area contributed by atoms with Crippen LogP contribution in [-0.4, -0.2) is 24.5 Å². The summed E-state index contributed by atoms with van der Waals surface area (Å²) in [6, 6.07) is 43.2. The lowest BCUT2D eigenvalue weighted by atomic mass is 9.77. The predicted molar refractivity (Wildman–Crippen MR) is 144 cm³/mol. The van der Waals surface area contributed by atoms with Crippen LogP contribution in [0.1, 0.15) is 29.2 Å². The molecule has 4 aromatic carbocycles. The minimum Gasteiger partial charge on any atom is -0.299 e. The molecule has 0 aliphatic heterocycles. The van der Waals surface area contributed by atoms with Crippen LogP contribution in [0.15, 0.2) is 133 Å². The van der Waals surface area contributed by atoms with Gasteiger partial charge in [0.2, 0.25) is 0 Å². The lowest BCUT2D eigenvalue weighted by molar-refractivity contribution is 0.282. The van der Waals surface area contributed by atoms with Gasteiger partial charge in [-0.15, -0.1) is 0 Å². The molecule has 0 saturated heterocycles. The lowest BCUT2D eigenvalue weighted by Gasteiger charge is -2.38. The first-order chi connectivity index (χ1) is 16.8. The molecule has 0 aliphatic carbocycles. The van der Waals surface area contributed by atoms with Gasteiger partial charge in [-0.2, -0.15) is 0 Å². The summed E-state index contributed by atoms with van der Waals surface area (Å²) in [5, 5.41) is 4.01. The van der Waals surface area contributed by atoms with Gasteiger partial charge >= 0.3 is 0 Å². The first kappa shape index (κ1) is 23.7. The Kier molecular flexibility index (Phi) is 8.45. The summed E-state index contributed by atoms with van der Waals surface area (Å²) in [6.45, 7) is 5.74. The third kappa shape index (κ3) is 5.72. The fourth-order valence-corrected chi connectivity index (χ4v) is 4.60. The smallest absolute Gasteiger partial charge is 0.0948 e. The van der Waals surface area contributed by atoms with Crippen LogP contribution in [-0.2, 0) is 12.1 Å². The molecule has 0 heterocycles. The molecular formula is C32H34N2. The molecule has 0 amide bonds. The number of hydrogen-bond acceptors (Lipinski definition) is 2. The molecule has 0 aromatic heterocycles. The van der Waals surface area contributed by atoms with E-state index in [1.165, 1.54) is 22.3 Å². The second-order valence-electron chi connectivity index (χ2n) is 8.56. The number of allylic oxidation sites excluding steroid dienone is 1. The van der Waals surface area contributed by atoms with E-state index in [1.54, 1.807) is 0 Å². The lowest BCUT2D eigenvalue weighted by Crippen LogP contribution is -2.47. The molecule has 0 unspecified atom stereocenters. The van der Waals surface area contributed by atoms with E-state index < -0.39 is 5.54 Å². The second-order valence-corrected chi connectivity index (χ2v) is 8.56. The highest BCUT2D eigenvalue weighted by molar-refractivity contribution is 5.49. The Hall–Kier alpha value is -3.46. The van der Waals surface area contributed by atoms with Crippen molar-refractivity contribution in [2.45, 2.75) is 19.0 Å². The van der Waals surface area contributed by atoms with Gasteiger partial charge in [0.15, 0.2) is 0 Å². The predicted octanol–water partition coefficient (Wildman–Crippen LogP) is 6.65. The van der Waals surface area contributed by atoms with Gasteiger partial charge in [-0.25, -0.2) is 0 Å². The van der Waals surface area contributed by atoms with E-state index in [-0.39, 0.29) is 0 Å². The summed E-state index contributed by atoms with van der Waals surface area (Å²) in [7, 11) is 0. The van der Waals surface area contributed by atoms with E-state index in [0.29, 0.717) is 0 Å². The average molecular weight is 447 g/mol. The Bertz CT molecular complexity index is 1030. The van der Waals surface area contributed by atoms with Crippen molar-refractivity contribution in [2.75, 3.05) is 19.6 Å². The molecule has 0 fully saturated rings. The average Bonchev–Trinajstić information content (AvgIpc) is 2.92. The molecule has 0 bridgehead atoms.